The molecule has 0 unspecified atom stereocenters. The highest BCUT2D eigenvalue weighted by Crippen LogP contribution is 2.34. The van der Waals surface area contributed by atoms with Gasteiger partial charge in [0.1, 0.15) is 11.5 Å². The first-order chi connectivity index (χ1) is 14.3. The lowest BCUT2D eigenvalue weighted by Crippen LogP contribution is -2.16. The summed E-state index contributed by atoms with van der Waals surface area (Å²) in [6, 6.07) is 24.4. The molecule has 4 rings (SSSR count). The van der Waals surface area contributed by atoms with Gasteiger partial charge in [0.25, 0.3) is 0 Å². The first-order valence-corrected chi connectivity index (χ1v) is 10.6. The number of fused-ring (bicyclic) bond motifs is 1. The van der Waals surface area contributed by atoms with Gasteiger partial charge in [0, 0.05) is 11.1 Å². The van der Waals surface area contributed by atoms with Crippen molar-refractivity contribution in [2.24, 2.45) is 10.9 Å². The second-order valence-corrected chi connectivity index (χ2v) is 8.25. The maximum Gasteiger partial charge on any atom is 0.249 e. The number of hydrogen-bond acceptors (Lipinski definition) is 4. The number of amides is 1. The smallest absolute Gasteiger partial charge is 0.249 e. The second-order valence-electron chi connectivity index (χ2n) is 6.72. The van der Waals surface area contributed by atoms with Crippen LogP contribution in [0.5, 0.6) is 11.5 Å². The molecule has 0 saturated heterocycles. The molecular weight excluding hydrogens is 400 g/mol. The molecule has 0 saturated carbocycles. The number of carbonyl (C=O) groups is 1. The van der Waals surface area contributed by atoms with Crippen LogP contribution >= 0.6 is 0 Å². The molecule has 7 heteroatoms. The highest BCUT2D eigenvalue weighted by molar-refractivity contribution is 7.89. The summed E-state index contributed by atoms with van der Waals surface area (Å²) in [5.41, 5.74) is 6.28. The van der Waals surface area contributed by atoms with Crippen molar-refractivity contribution in [2.45, 2.75) is 4.90 Å². The van der Waals surface area contributed by atoms with Gasteiger partial charge in [-0.25, -0.2) is 13.6 Å². The van der Waals surface area contributed by atoms with Gasteiger partial charge in [-0.15, -0.1) is 0 Å². The Morgan fingerprint density at radius 3 is 2.10 bits per heavy atom. The zero-order chi connectivity index (χ0) is 21.3. The summed E-state index contributed by atoms with van der Waals surface area (Å²) in [4.78, 5) is 11.9. The lowest BCUT2D eigenvalue weighted by Gasteiger charge is -2.14. The van der Waals surface area contributed by atoms with E-state index < -0.39 is 15.9 Å². The minimum Gasteiger partial charge on any atom is -0.457 e. The molecule has 1 amide bonds. The zero-order valence-electron chi connectivity index (χ0n) is 15.8. The van der Waals surface area contributed by atoms with E-state index in [2.05, 4.69) is 0 Å². The van der Waals surface area contributed by atoms with Crippen molar-refractivity contribution in [3.63, 3.8) is 0 Å². The molecule has 0 aliphatic rings. The fourth-order valence-electron chi connectivity index (χ4n) is 3.33. The number of primary sulfonamides is 1. The molecule has 0 bridgehead atoms. The third kappa shape index (κ3) is 3.89. The lowest BCUT2D eigenvalue weighted by atomic mass is 9.99. The SMILES string of the molecule is NC(=O)c1ccc(Oc2ccc3ccccc3c2)cc1-c1ccccc1S(N)(=O)=O. The van der Waals surface area contributed by atoms with Gasteiger partial charge in [-0.3, -0.25) is 4.79 Å². The molecule has 30 heavy (non-hydrogen) atoms. The third-order valence-corrected chi connectivity index (χ3v) is 5.67. The molecule has 0 radical (unpaired) electrons. The van der Waals surface area contributed by atoms with Crippen molar-refractivity contribution in [3.8, 4) is 22.6 Å². The molecule has 0 spiro atoms. The largest absolute Gasteiger partial charge is 0.457 e. The second kappa shape index (κ2) is 7.62. The summed E-state index contributed by atoms with van der Waals surface area (Å²) in [7, 11) is -4.01. The van der Waals surface area contributed by atoms with E-state index in [1.807, 2.05) is 42.5 Å². The van der Waals surface area contributed by atoms with Crippen LogP contribution in [0.25, 0.3) is 21.9 Å². The fraction of sp³-hybridized carbons (Fsp3) is 0. The van der Waals surface area contributed by atoms with Gasteiger partial charge < -0.3 is 10.5 Å². The lowest BCUT2D eigenvalue weighted by molar-refractivity contribution is 0.100. The number of ether oxygens (including phenoxy) is 1. The molecule has 0 heterocycles. The minimum absolute atomic E-state index is 0.102. The number of primary amides is 1. The maximum atomic E-state index is 12.0. The van der Waals surface area contributed by atoms with Crippen LogP contribution in [0.3, 0.4) is 0 Å². The Balaban J connectivity index is 1.82. The van der Waals surface area contributed by atoms with E-state index in [-0.39, 0.29) is 16.0 Å². The highest BCUT2D eigenvalue weighted by Gasteiger charge is 2.19. The number of carbonyl (C=O) groups excluding carboxylic acids is 1. The zero-order valence-corrected chi connectivity index (χ0v) is 16.6. The summed E-state index contributed by atoms with van der Waals surface area (Å²) in [5, 5.41) is 7.46. The van der Waals surface area contributed by atoms with Crippen molar-refractivity contribution >= 4 is 26.7 Å². The van der Waals surface area contributed by atoms with Crippen molar-refractivity contribution in [1.82, 2.24) is 0 Å². The molecule has 0 aromatic heterocycles. The Morgan fingerprint density at radius 1 is 0.733 bits per heavy atom. The van der Waals surface area contributed by atoms with Crippen LogP contribution in [0.15, 0.2) is 89.8 Å². The molecule has 0 aliphatic carbocycles. The van der Waals surface area contributed by atoms with Gasteiger partial charge in [0.2, 0.25) is 15.9 Å². The van der Waals surface area contributed by atoms with Crippen molar-refractivity contribution in [3.05, 3.63) is 90.5 Å². The molecule has 150 valence electrons. The summed E-state index contributed by atoms with van der Waals surface area (Å²) in [5.74, 6) is 0.340. The summed E-state index contributed by atoms with van der Waals surface area (Å²) in [6.07, 6.45) is 0. The molecule has 0 atom stereocenters. The maximum absolute atomic E-state index is 12.0. The quantitative estimate of drug-likeness (QED) is 0.509. The highest BCUT2D eigenvalue weighted by atomic mass is 32.2. The number of benzene rings is 4. The Hall–Kier alpha value is -3.68. The van der Waals surface area contributed by atoms with Gasteiger partial charge in [0.15, 0.2) is 0 Å². The summed E-state index contributed by atoms with van der Waals surface area (Å²) in [6.45, 7) is 0. The molecule has 4 aromatic rings. The average Bonchev–Trinajstić information content (AvgIpc) is 2.73. The van der Waals surface area contributed by atoms with Crippen molar-refractivity contribution in [1.29, 1.82) is 0 Å². The summed E-state index contributed by atoms with van der Waals surface area (Å²) >= 11 is 0. The van der Waals surface area contributed by atoms with Crippen molar-refractivity contribution < 1.29 is 17.9 Å². The Kier molecular flexibility index (Phi) is 4.99. The first kappa shape index (κ1) is 19.6. The van der Waals surface area contributed by atoms with Crippen LogP contribution in [0.1, 0.15) is 10.4 Å². The van der Waals surface area contributed by atoms with E-state index in [0.717, 1.165) is 10.8 Å². The monoisotopic (exact) mass is 418 g/mol. The van der Waals surface area contributed by atoms with E-state index in [9.17, 15) is 13.2 Å². The molecule has 6 nitrogen and oxygen atoms in total. The normalized spacial score (nSPS) is 11.4. The van der Waals surface area contributed by atoms with Crippen LogP contribution in [0, 0.1) is 0 Å². The van der Waals surface area contributed by atoms with E-state index in [4.69, 9.17) is 15.6 Å². The topological polar surface area (TPSA) is 112 Å². The number of nitrogens with two attached hydrogens (primary N) is 2. The van der Waals surface area contributed by atoms with E-state index >= 15 is 0 Å². The van der Waals surface area contributed by atoms with Gasteiger partial charge in [0.05, 0.1) is 4.90 Å². The van der Waals surface area contributed by atoms with Crippen molar-refractivity contribution in [2.75, 3.05) is 0 Å². The predicted octanol–water partition coefficient (Wildman–Crippen LogP) is 4.05. The van der Waals surface area contributed by atoms with Crippen LogP contribution in [-0.2, 0) is 10.0 Å². The average molecular weight is 418 g/mol. The summed E-state index contributed by atoms with van der Waals surface area (Å²) < 4.78 is 30.1. The number of hydrogen-bond donors (Lipinski definition) is 2. The number of sulfonamides is 1. The molecule has 4 aromatic carbocycles. The molecule has 4 N–H and O–H groups in total. The molecule has 0 aliphatic heterocycles. The van der Waals surface area contributed by atoms with Crippen LogP contribution in [0.4, 0.5) is 0 Å². The van der Waals surface area contributed by atoms with Crippen LogP contribution in [-0.4, -0.2) is 14.3 Å². The first-order valence-electron chi connectivity index (χ1n) is 9.05. The van der Waals surface area contributed by atoms with Gasteiger partial charge >= 0.3 is 0 Å². The van der Waals surface area contributed by atoms with Gasteiger partial charge in [-0.2, -0.15) is 0 Å². The van der Waals surface area contributed by atoms with Gasteiger partial charge in [-0.1, -0.05) is 48.5 Å². The van der Waals surface area contributed by atoms with E-state index in [1.54, 1.807) is 30.3 Å². The predicted molar refractivity (Wildman–Crippen MR) is 116 cm³/mol. The van der Waals surface area contributed by atoms with Crippen LogP contribution < -0.4 is 15.6 Å². The Morgan fingerprint density at radius 2 is 1.37 bits per heavy atom. The third-order valence-electron chi connectivity index (χ3n) is 4.70. The standard InChI is InChI=1S/C23H18N2O4S/c24-23(26)20-12-11-18(29-17-10-9-15-5-1-2-6-16(15)13-17)14-21(20)19-7-3-4-8-22(19)30(25,27)28/h1-14H,(H2,24,26)(H2,25,27,28). The fourth-order valence-corrected chi connectivity index (χ4v) is 4.08. The van der Waals surface area contributed by atoms with Gasteiger partial charge in [-0.05, 0) is 52.7 Å². The van der Waals surface area contributed by atoms with E-state index in [0.29, 0.717) is 17.1 Å². The molecular formula is C23H18N2O4S. The van der Waals surface area contributed by atoms with E-state index in [1.165, 1.54) is 12.1 Å². The molecule has 0 fully saturated rings. The number of rotatable bonds is 5. The minimum atomic E-state index is -4.01. The Labute approximate surface area is 173 Å². The Bertz CT molecular complexity index is 1380. The van der Waals surface area contributed by atoms with Crippen LogP contribution in [0.2, 0.25) is 0 Å².